The molecule has 0 saturated heterocycles. The van der Waals surface area contributed by atoms with Gasteiger partial charge in [-0.15, -0.1) is 9.24 Å². The molecule has 1 aromatic carbocycles. The molecular formula is C8H10F2NP. The average Bonchev–Trinajstić information content (AvgIpc) is 1.96. The van der Waals surface area contributed by atoms with Gasteiger partial charge in [-0.25, -0.2) is 8.78 Å². The third-order valence-electron chi connectivity index (χ3n) is 1.44. The molecule has 1 unspecified atom stereocenters. The zero-order chi connectivity index (χ0) is 9.14. The van der Waals surface area contributed by atoms with Crippen molar-refractivity contribution < 1.29 is 8.78 Å². The van der Waals surface area contributed by atoms with Crippen molar-refractivity contribution in [3.63, 3.8) is 0 Å². The maximum atomic E-state index is 13.0. The molecule has 0 spiro atoms. The molecule has 0 aromatic heterocycles. The molecule has 0 aliphatic rings. The zero-order valence-corrected chi connectivity index (χ0v) is 7.85. The Morgan fingerprint density at radius 1 is 1.42 bits per heavy atom. The van der Waals surface area contributed by atoms with E-state index in [1.807, 2.05) is 6.92 Å². The van der Waals surface area contributed by atoms with Crippen LogP contribution in [-0.2, 0) is 0 Å². The van der Waals surface area contributed by atoms with Gasteiger partial charge in [0.1, 0.15) is 11.6 Å². The topological polar surface area (TPSA) is 12.0 Å². The molecule has 0 aliphatic heterocycles. The lowest BCUT2D eigenvalue weighted by Crippen LogP contribution is -2.09. The molecule has 0 amide bonds. The number of nitrogens with one attached hydrogen (secondary N) is 1. The Bertz CT molecular complexity index is 265. The van der Waals surface area contributed by atoms with Gasteiger partial charge in [-0.05, 0) is 18.3 Å². The van der Waals surface area contributed by atoms with Crippen LogP contribution in [-0.4, -0.2) is 6.54 Å². The highest BCUT2D eigenvalue weighted by Gasteiger charge is 2.06. The van der Waals surface area contributed by atoms with Crippen LogP contribution in [0.5, 0.6) is 0 Å². The highest BCUT2D eigenvalue weighted by atomic mass is 31.0. The van der Waals surface area contributed by atoms with Crippen LogP contribution < -0.4 is 10.6 Å². The molecule has 0 aliphatic carbocycles. The van der Waals surface area contributed by atoms with Crippen LogP contribution >= 0.6 is 9.24 Å². The lowest BCUT2D eigenvalue weighted by Gasteiger charge is -2.07. The van der Waals surface area contributed by atoms with Crippen molar-refractivity contribution in [2.24, 2.45) is 0 Å². The van der Waals surface area contributed by atoms with Crippen molar-refractivity contribution in [1.82, 2.24) is 0 Å². The van der Waals surface area contributed by atoms with Gasteiger partial charge in [0.05, 0.1) is 5.69 Å². The summed E-state index contributed by atoms with van der Waals surface area (Å²) in [7, 11) is 2.29. The van der Waals surface area contributed by atoms with E-state index in [9.17, 15) is 8.78 Å². The molecule has 0 radical (unpaired) electrons. The molecule has 0 fully saturated rings. The summed E-state index contributed by atoms with van der Waals surface area (Å²) in [5.74, 6) is -1.11. The highest BCUT2D eigenvalue weighted by molar-refractivity contribution is 7.28. The van der Waals surface area contributed by atoms with Gasteiger partial charge in [0.25, 0.3) is 0 Å². The predicted octanol–water partition coefficient (Wildman–Crippen LogP) is 1.90. The molecule has 0 saturated carbocycles. The van der Waals surface area contributed by atoms with Gasteiger partial charge in [0.2, 0.25) is 0 Å². The van der Waals surface area contributed by atoms with E-state index in [0.29, 0.717) is 17.5 Å². The van der Waals surface area contributed by atoms with E-state index in [2.05, 4.69) is 14.6 Å². The van der Waals surface area contributed by atoms with Crippen molar-refractivity contribution in [3.05, 3.63) is 23.8 Å². The predicted molar refractivity (Wildman–Crippen MR) is 49.9 cm³/mol. The monoisotopic (exact) mass is 189 g/mol. The van der Waals surface area contributed by atoms with Gasteiger partial charge in [0, 0.05) is 12.6 Å². The molecule has 1 N–H and O–H groups in total. The first-order valence-corrected chi connectivity index (χ1v) is 4.21. The van der Waals surface area contributed by atoms with Crippen molar-refractivity contribution in [2.75, 3.05) is 11.9 Å². The van der Waals surface area contributed by atoms with Crippen LogP contribution in [0.2, 0.25) is 0 Å². The van der Waals surface area contributed by atoms with Crippen LogP contribution in [0.15, 0.2) is 12.1 Å². The standard InChI is InChI=1S/C8H10F2NP/c1-2-11-8-6(10)3-5(9)4-7(8)12/h3-4,11H,2,12H2,1H3. The highest BCUT2D eigenvalue weighted by Crippen LogP contribution is 2.14. The van der Waals surface area contributed by atoms with Crippen LogP contribution in [0.25, 0.3) is 0 Å². The number of hydrogen-bond donors (Lipinski definition) is 1. The van der Waals surface area contributed by atoms with Crippen LogP contribution in [0.4, 0.5) is 14.5 Å². The molecule has 0 heterocycles. The van der Waals surface area contributed by atoms with E-state index in [-0.39, 0.29) is 0 Å². The second-order valence-electron chi connectivity index (χ2n) is 2.38. The molecule has 1 rings (SSSR count). The minimum atomic E-state index is -0.556. The fourth-order valence-electron chi connectivity index (χ4n) is 0.957. The molecule has 4 heteroatoms. The smallest absolute Gasteiger partial charge is 0.149 e. The normalized spacial score (nSPS) is 10.0. The molecule has 0 bridgehead atoms. The van der Waals surface area contributed by atoms with Gasteiger partial charge in [0.15, 0.2) is 0 Å². The lowest BCUT2D eigenvalue weighted by atomic mass is 10.3. The fraction of sp³-hybridized carbons (Fsp3) is 0.250. The Morgan fingerprint density at radius 3 is 2.58 bits per heavy atom. The third kappa shape index (κ3) is 1.92. The van der Waals surface area contributed by atoms with Gasteiger partial charge in [-0.2, -0.15) is 0 Å². The summed E-state index contributed by atoms with van der Waals surface area (Å²) >= 11 is 0. The van der Waals surface area contributed by atoms with E-state index in [4.69, 9.17) is 0 Å². The molecule has 12 heavy (non-hydrogen) atoms. The largest absolute Gasteiger partial charge is 0.382 e. The molecule has 1 atom stereocenters. The van der Waals surface area contributed by atoms with Crippen LogP contribution in [0.1, 0.15) is 6.92 Å². The van der Waals surface area contributed by atoms with Crippen LogP contribution in [0.3, 0.4) is 0 Å². The fourth-order valence-corrected chi connectivity index (χ4v) is 1.36. The number of anilines is 1. The minimum absolute atomic E-state index is 0.351. The molecule has 66 valence electrons. The van der Waals surface area contributed by atoms with E-state index >= 15 is 0 Å². The first-order valence-electron chi connectivity index (χ1n) is 3.63. The Hall–Kier alpha value is -0.690. The van der Waals surface area contributed by atoms with Gasteiger partial charge in [-0.1, -0.05) is 0 Å². The molecule has 1 nitrogen and oxygen atoms in total. The van der Waals surface area contributed by atoms with E-state index in [0.717, 1.165) is 6.07 Å². The Labute approximate surface area is 72.4 Å². The summed E-state index contributed by atoms with van der Waals surface area (Å²) in [6.07, 6.45) is 0. The van der Waals surface area contributed by atoms with E-state index < -0.39 is 11.6 Å². The van der Waals surface area contributed by atoms with Crippen LogP contribution in [0, 0.1) is 11.6 Å². The van der Waals surface area contributed by atoms with Crippen molar-refractivity contribution in [1.29, 1.82) is 0 Å². The zero-order valence-electron chi connectivity index (χ0n) is 6.70. The third-order valence-corrected chi connectivity index (χ3v) is 1.89. The summed E-state index contributed by atoms with van der Waals surface area (Å²) < 4.78 is 25.5. The number of benzene rings is 1. The van der Waals surface area contributed by atoms with E-state index in [1.54, 1.807) is 0 Å². The van der Waals surface area contributed by atoms with Gasteiger partial charge >= 0.3 is 0 Å². The Morgan fingerprint density at radius 2 is 2.08 bits per heavy atom. The SMILES string of the molecule is CCNc1c(F)cc(F)cc1P. The average molecular weight is 189 g/mol. The summed E-state index contributed by atoms with van der Waals surface area (Å²) in [5.41, 5.74) is 0.351. The Balaban J connectivity index is 3.10. The second kappa shape index (κ2) is 3.81. The molecule has 1 aromatic rings. The van der Waals surface area contributed by atoms with Gasteiger partial charge < -0.3 is 5.32 Å². The molecular weight excluding hydrogens is 179 g/mol. The Kier molecular flexibility index (Phi) is 2.99. The quantitative estimate of drug-likeness (QED) is 0.700. The van der Waals surface area contributed by atoms with Crippen molar-refractivity contribution in [2.45, 2.75) is 6.92 Å². The summed E-state index contributed by atoms with van der Waals surface area (Å²) in [6.45, 7) is 2.47. The van der Waals surface area contributed by atoms with Crippen molar-refractivity contribution in [3.8, 4) is 0 Å². The van der Waals surface area contributed by atoms with Crippen molar-refractivity contribution >= 4 is 20.2 Å². The summed E-state index contributed by atoms with van der Waals surface area (Å²) in [6, 6.07) is 2.14. The van der Waals surface area contributed by atoms with E-state index in [1.165, 1.54) is 6.07 Å². The van der Waals surface area contributed by atoms with Gasteiger partial charge in [-0.3, -0.25) is 0 Å². The first-order chi connectivity index (χ1) is 5.65. The second-order valence-corrected chi connectivity index (χ2v) is 3.00. The first kappa shape index (κ1) is 9.40. The minimum Gasteiger partial charge on any atom is -0.382 e. The number of halogens is 2. The number of hydrogen-bond acceptors (Lipinski definition) is 1. The maximum Gasteiger partial charge on any atom is 0.149 e. The summed E-state index contributed by atoms with van der Waals surface area (Å²) in [5, 5.41) is 3.32. The summed E-state index contributed by atoms with van der Waals surface area (Å²) in [4.78, 5) is 0. The maximum absolute atomic E-state index is 13.0. The lowest BCUT2D eigenvalue weighted by molar-refractivity contribution is 0.587. The number of rotatable bonds is 2.